The summed E-state index contributed by atoms with van der Waals surface area (Å²) in [6, 6.07) is 2.27. The van der Waals surface area contributed by atoms with Crippen molar-refractivity contribution >= 4 is 31.7 Å². The van der Waals surface area contributed by atoms with Crippen molar-refractivity contribution in [2.45, 2.75) is 38.0 Å². The fourth-order valence-corrected chi connectivity index (χ4v) is 4.77. The van der Waals surface area contributed by atoms with Gasteiger partial charge < -0.3 is 10.2 Å². The zero-order valence-corrected chi connectivity index (χ0v) is 13.3. The summed E-state index contributed by atoms with van der Waals surface area (Å²) in [5, 5.41) is 18.3. The first-order valence-corrected chi connectivity index (χ1v) is 9.45. The number of hydrogen-bond acceptors (Lipinski definition) is 4. The maximum atomic E-state index is 11.6. The first kappa shape index (κ1) is 15.9. The predicted molar refractivity (Wildman–Crippen MR) is 80.3 cm³/mol. The van der Waals surface area contributed by atoms with Gasteiger partial charge in [-0.25, -0.2) is 15.7 Å². The highest BCUT2D eigenvalue weighted by molar-refractivity contribution is 14.2. The van der Waals surface area contributed by atoms with E-state index >= 15 is 0 Å². The summed E-state index contributed by atoms with van der Waals surface area (Å²) in [5.41, 5.74) is -0.206. The summed E-state index contributed by atoms with van der Waals surface area (Å²) in [6.07, 6.45) is 4.47. The van der Waals surface area contributed by atoms with E-state index in [1.807, 2.05) is 0 Å². The van der Waals surface area contributed by atoms with Gasteiger partial charge in [0, 0.05) is 0 Å². The zero-order valence-electron chi connectivity index (χ0n) is 11.2. The first-order chi connectivity index (χ1) is 9.91. The molecule has 1 aliphatic carbocycles. The zero-order chi connectivity index (χ0) is 15.6. The molecular weight excluding hydrogens is 391 g/mol. The van der Waals surface area contributed by atoms with Gasteiger partial charge in [-0.3, -0.25) is 0 Å². The minimum absolute atomic E-state index is 0.0751. The molecule has 7 heteroatoms. The van der Waals surface area contributed by atoms with Crippen molar-refractivity contribution in [3.63, 3.8) is 0 Å². The number of carboxylic acid groups (broad SMARTS) is 2. The third-order valence-corrected chi connectivity index (χ3v) is 5.86. The molecule has 6 nitrogen and oxygen atoms in total. The molecule has 21 heavy (non-hydrogen) atoms. The summed E-state index contributed by atoms with van der Waals surface area (Å²) in [7, 11) is 0. The normalized spacial score (nSPS) is 16.0. The molecule has 0 aliphatic heterocycles. The van der Waals surface area contributed by atoms with Crippen LogP contribution in [0.25, 0.3) is 0 Å². The van der Waals surface area contributed by atoms with Gasteiger partial charge in [-0.05, 0) is 36.5 Å². The van der Waals surface area contributed by atoms with Crippen molar-refractivity contribution in [3.8, 4) is 0 Å². The average Bonchev–Trinajstić information content (AvgIpc) is 2.46. The molecule has 0 saturated heterocycles. The van der Waals surface area contributed by atoms with Crippen LogP contribution in [-0.4, -0.2) is 22.2 Å². The second kappa shape index (κ2) is 6.50. The number of hydrogen-bond donors (Lipinski definition) is 2. The number of benzene rings is 1. The first-order valence-electron chi connectivity index (χ1n) is 6.61. The molecule has 2 rings (SSSR count). The molecule has 0 unspecified atom stereocenters. The monoisotopic (exact) mass is 406 g/mol. The minimum atomic E-state index is -4.04. The molecule has 1 saturated carbocycles. The molecule has 2 N–H and O–H groups in total. The standard InChI is InChI=1S/C14H15IO6/c16-13(17)9-6-10(8-4-2-1-3-5-8)12(15(20)21)11(7-9)14(18)19/h6-8H,1-5H2,(H,16,17)(H,18,19). The maximum absolute atomic E-state index is 11.6. The Morgan fingerprint density at radius 3 is 2.10 bits per heavy atom. The lowest BCUT2D eigenvalue weighted by Gasteiger charge is -2.23. The van der Waals surface area contributed by atoms with E-state index in [1.165, 1.54) is 6.07 Å². The molecule has 0 aromatic heterocycles. The Hall–Kier alpha value is -1.51. The Balaban J connectivity index is 2.68. The Morgan fingerprint density at radius 2 is 1.62 bits per heavy atom. The van der Waals surface area contributed by atoms with Crippen molar-refractivity contribution in [1.29, 1.82) is 0 Å². The second-order valence-corrected chi connectivity index (χ2v) is 7.41. The SMILES string of the molecule is O=C(O)c1cc(C(=O)O)c(I(=O)=O)c(C2CCCCC2)c1. The van der Waals surface area contributed by atoms with Crippen LogP contribution < -0.4 is 0 Å². The second-order valence-electron chi connectivity index (χ2n) is 5.09. The van der Waals surface area contributed by atoms with Gasteiger partial charge in [-0.15, -0.1) is 0 Å². The van der Waals surface area contributed by atoms with E-state index in [9.17, 15) is 20.8 Å². The van der Waals surface area contributed by atoms with E-state index in [4.69, 9.17) is 5.11 Å². The molecule has 0 radical (unpaired) electrons. The molecule has 1 aliphatic rings. The van der Waals surface area contributed by atoms with Crippen LogP contribution in [0, 0.1) is 3.57 Å². The Morgan fingerprint density at radius 1 is 1.00 bits per heavy atom. The summed E-state index contributed by atoms with van der Waals surface area (Å²) >= 11 is -4.04. The number of rotatable bonds is 4. The van der Waals surface area contributed by atoms with Crippen LogP contribution in [0.2, 0.25) is 0 Å². The number of halogens is 1. The highest BCUT2D eigenvalue weighted by Crippen LogP contribution is 2.39. The summed E-state index contributed by atoms with van der Waals surface area (Å²) in [5.74, 6) is -2.73. The van der Waals surface area contributed by atoms with Crippen LogP contribution in [-0.2, 0) is 6.14 Å². The van der Waals surface area contributed by atoms with Gasteiger partial charge in [-0.2, -0.15) is 0 Å². The summed E-state index contributed by atoms with van der Waals surface area (Å²) < 4.78 is 23.0. The minimum Gasteiger partial charge on any atom is -0.478 e. The third kappa shape index (κ3) is 3.39. The molecular formula is C14H15IO6. The van der Waals surface area contributed by atoms with Crippen LogP contribution in [0.5, 0.6) is 0 Å². The highest BCUT2D eigenvalue weighted by Gasteiger charge is 2.27. The highest BCUT2D eigenvalue weighted by atomic mass is 127. The van der Waals surface area contributed by atoms with Crippen molar-refractivity contribution < 1.29 is 25.9 Å². The number of carbonyl (C=O) groups is 2. The van der Waals surface area contributed by atoms with E-state index < -0.39 is 37.3 Å². The molecule has 0 bridgehead atoms. The molecule has 1 fully saturated rings. The topological polar surface area (TPSA) is 109 Å². The van der Waals surface area contributed by atoms with Gasteiger partial charge in [0.05, 0.1) is 14.7 Å². The van der Waals surface area contributed by atoms with E-state index in [-0.39, 0.29) is 15.1 Å². The smallest absolute Gasteiger partial charge is 0.342 e. The van der Waals surface area contributed by atoms with Crippen molar-refractivity contribution in [1.82, 2.24) is 0 Å². The van der Waals surface area contributed by atoms with E-state index in [1.54, 1.807) is 0 Å². The third-order valence-electron chi connectivity index (χ3n) is 3.78. The number of aromatic carboxylic acids is 2. The van der Waals surface area contributed by atoms with Crippen molar-refractivity contribution in [2.24, 2.45) is 0 Å². The fraction of sp³-hybridized carbons (Fsp3) is 0.429. The Labute approximate surface area is 128 Å². The average molecular weight is 406 g/mol. The largest absolute Gasteiger partial charge is 0.478 e. The lowest BCUT2D eigenvalue weighted by Crippen LogP contribution is -2.13. The van der Waals surface area contributed by atoms with Crippen molar-refractivity contribution in [2.75, 3.05) is 0 Å². The van der Waals surface area contributed by atoms with Gasteiger partial charge in [0.25, 0.3) is 0 Å². The quantitative estimate of drug-likeness (QED) is 0.741. The number of carboxylic acids is 2. The van der Waals surface area contributed by atoms with Gasteiger partial charge >= 0.3 is 31.7 Å². The Kier molecular flexibility index (Phi) is 4.92. The van der Waals surface area contributed by atoms with Crippen LogP contribution >= 0.6 is 19.8 Å². The van der Waals surface area contributed by atoms with Gasteiger partial charge in [-0.1, -0.05) is 19.3 Å². The van der Waals surface area contributed by atoms with Crippen LogP contribution in [0.15, 0.2) is 12.1 Å². The molecule has 114 valence electrons. The van der Waals surface area contributed by atoms with Crippen molar-refractivity contribution in [3.05, 3.63) is 32.4 Å². The predicted octanol–water partition coefficient (Wildman–Crippen LogP) is 3.50. The summed E-state index contributed by atoms with van der Waals surface area (Å²) in [4.78, 5) is 22.4. The molecule has 0 heterocycles. The van der Waals surface area contributed by atoms with Crippen LogP contribution in [0.3, 0.4) is 0 Å². The lowest BCUT2D eigenvalue weighted by molar-refractivity contribution is 0.0695. The van der Waals surface area contributed by atoms with Gasteiger partial charge in [0.15, 0.2) is 0 Å². The molecule has 1 aromatic carbocycles. The van der Waals surface area contributed by atoms with Gasteiger partial charge in [0.2, 0.25) is 0 Å². The molecule has 0 atom stereocenters. The van der Waals surface area contributed by atoms with Crippen LogP contribution in [0.1, 0.15) is 64.3 Å². The molecule has 1 aromatic rings. The fourth-order valence-electron chi connectivity index (χ4n) is 2.81. The Bertz CT molecular complexity index is 648. The lowest BCUT2D eigenvalue weighted by atomic mass is 9.83. The van der Waals surface area contributed by atoms with Crippen LogP contribution in [0.4, 0.5) is 0 Å². The summed E-state index contributed by atoms with van der Waals surface area (Å²) in [6.45, 7) is 0. The van der Waals surface area contributed by atoms with E-state index in [0.717, 1.165) is 38.2 Å². The molecule has 0 amide bonds. The van der Waals surface area contributed by atoms with E-state index in [2.05, 4.69) is 0 Å². The van der Waals surface area contributed by atoms with Gasteiger partial charge in [0.1, 0.15) is 0 Å². The van der Waals surface area contributed by atoms with E-state index in [0.29, 0.717) is 5.56 Å². The maximum Gasteiger partial charge on any atom is 0.342 e. The molecule has 0 spiro atoms.